The zero-order chi connectivity index (χ0) is 25.2. The van der Waals surface area contributed by atoms with E-state index in [1.54, 1.807) is 0 Å². The molecule has 2 aromatic carbocycles. The van der Waals surface area contributed by atoms with Crippen LogP contribution in [0.4, 0.5) is 0 Å². The summed E-state index contributed by atoms with van der Waals surface area (Å²) in [5, 5.41) is 2.65. The van der Waals surface area contributed by atoms with Crippen LogP contribution in [-0.2, 0) is 4.43 Å². The van der Waals surface area contributed by atoms with Crippen LogP contribution in [0.25, 0.3) is 0 Å². The average Bonchev–Trinajstić information content (AvgIpc) is 2.82. The summed E-state index contributed by atoms with van der Waals surface area (Å²) >= 11 is 0. The fraction of sp³-hybridized carbons (Fsp3) is 0.438. The molecule has 0 fully saturated rings. The van der Waals surface area contributed by atoms with Gasteiger partial charge in [-0.3, -0.25) is 0 Å². The summed E-state index contributed by atoms with van der Waals surface area (Å²) in [5.41, 5.74) is 2.94. The molecule has 0 aliphatic carbocycles. The SMILES string of the molecule is C=CC(C)(CC/C=C(/C)CC)C/C(C)=C/CO[Si](c1ccccc1)(c1ccccc1)C(C)(C)C. The Bertz CT molecular complexity index is 910. The zero-order valence-electron chi connectivity index (χ0n) is 22.7. The van der Waals surface area contributed by atoms with Crippen molar-refractivity contribution in [2.75, 3.05) is 6.61 Å². The Morgan fingerprint density at radius 3 is 1.82 bits per heavy atom. The van der Waals surface area contributed by atoms with Crippen molar-refractivity contribution in [3.8, 4) is 0 Å². The van der Waals surface area contributed by atoms with Gasteiger partial charge >= 0.3 is 0 Å². The number of rotatable bonds is 12. The fourth-order valence-electron chi connectivity index (χ4n) is 4.83. The van der Waals surface area contributed by atoms with Gasteiger partial charge in [0.2, 0.25) is 0 Å². The van der Waals surface area contributed by atoms with Crippen molar-refractivity contribution in [2.24, 2.45) is 5.41 Å². The van der Waals surface area contributed by atoms with Crippen molar-refractivity contribution in [2.45, 2.75) is 79.2 Å². The molecule has 2 aromatic rings. The van der Waals surface area contributed by atoms with Crippen LogP contribution in [0, 0.1) is 5.41 Å². The van der Waals surface area contributed by atoms with E-state index >= 15 is 0 Å². The van der Waals surface area contributed by atoms with E-state index in [4.69, 9.17) is 4.43 Å². The number of hydrogen-bond donors (Lipinski definition) is 0. The minimum Gasteiger partial charge on any atom is -0.404 e. The molecule has 0 spiro atoms. The minimum absolute atomic E-state index is 0.00342. The van der Waals surface area contributed by atoms with Crippen molar-refractivity contribution in [3.05, 3.63) is 96.6 Å². The molecule has 0 N–H and O–H groups in total. The smallest absolute Gasteiger partial charge is 0.261 e. The molecule has 0 aliphatic rings. The van der Waals surface area contributed by atoms with E-state index in [0.717, 1.165) is 25.7 Å². The fourth-order valence-corrected chi connectivity index (χ4v) is 9.32. The molecule has 34 heavy (non-hydrogen) atoms. The highest BCUT2D eigenvalue weighted by Gasteiger charge is 2.49. The van der Waals surface area contributed by atoms with E-state index in [2.05, 4.69) is 134 Å². The van der Waals surface area contributed by atoms with Gasteiger partial charge in [0, 0.05) is 0 Å². The van der Waals surface area contributed by atoms with Crippen molar-refractivity contribution >= 4 is 18.7 Å². The van der Waals surface area contributed by atoms with E-state index in [0.29, 0.717) is 6.61 Å². The van der Waals surface area contributed by atoms with Gasteiger partial charge in [0.15, 0.2) is 0 Å². The normalized spacial score (nSPS) is 15.1. The van der Waals surface area contributed by atoms with E-state index in [9.17, 15) is 0 Å². The topological polar surface area (TPSA) is 9.23 Å². The summed E-state index contributed by atoms with van der Waals surface area (Å²) in [6.45, 7) is 20.8. The van der Waals surface area contributed by atoms with Crippen LogP contribution in [0.2, 0.25) is 5.04 Å². The van der Waals surface area contributed by atoms with Crippen LogP contribution >= 0.6 is 0 Å². The molecule has 0 aliphatic heterocycles. The van der Waals surface area contributed by atoms with Gasteiger partial charge < -0.3 is 4.43 Å². The molecule has 2 heteroatoms. The summed E-state index contributed by atoms with van der Waals surface area (Å²) in [4.78, 5) is 0. The van der Waals surface area contributed by atoms with Crippen LogP contribution in [0.3, 0.4) is 0 Å². The first-order chi connectivity index (χ1) is 16.1. The van der Waals surface area contributed by atoms with Crippen molar-refractivity contribution < 1.29 is 4.43 Å². The molecule has 0 saturated heterocycles. The molecule has 1 unspecified atom stereocenters. The summed E-state index contributed by atoms with van der Waals surface area (Å²) in [7, 11) is -2.49. The van der Waals surface area contributed by atoms with E-state index in [1.165, 1.54) is 21.5 Å². The van der Waals surface area contributed by atoms with Gasteiger partial charge in [0.25, 0.3) is 8.32 Å². The second-order valence-corrected chi connectivity index (χ2v) is 15.3. The number of allylic oxidation sites excluding steroid dienone is 4. The lowest BCUT2D eigenvalue weighted by Gasteiger charge is -2.42. The summed E-state index contributed by atoms with van der Waals surface area (Å²) in [5.74, 6) is 0. The molecule has 0 saturated carbocycles. The van der Waals surface area contributed by atoms with Gasteiger partial charge in [-0.25, -0.2) is 0 Å². The highest BCUT2D eigenvalue weighted by Crippen LogP contribution is 2.37. The predicted molar refractivity (Wildman–Crippen MR) is 154 cm³/mol. The van der Waals surface area contributed by atoms with Crippen molar-refractivity contribution in [3.63, 3.8) is 0 Å². The Morgan fingerprint density at radius 2 is 1.38 bits per heavy atom. The Hall–Kier alpha value is -2.16. The Labute approximate surface area is 210 Å². The quantitative estimate of drug-likeness (QED) is 0.222. The second kappa shape index (κ2) is 12.5. The molecule has 0 aromatic heterocycles. The first kappa shape index (κ1) is 28.1. The summed E-state index contributed by atoms with van der Waals surface area (Å²) < 4.78 is 7.04. The largest absolute Gasteiger partial charge is 0.404 e. The molecule has 0 heterocycles. The Morgan fingerprint density at radius 1 is 0.853 bits per heavy atom. The van der Waals surface area contributed by atoms with Gasteiger partial charge in [0.05, 0.1) is 6.61 Å². The third kappa shape index (κ3) is 7.17. The molecule has 1 atom stereocenters. The van der Waals surface area contributed by atoms with Crippen molar-refractivity contribution in [1.82, 2.24) is 0 Å². The standard InChI is InChI=1S/C32H46OSi/c1-9-27(3)18-17-24-32(8,10-2)26-28(4)23-25-33-34(31(5,6)7,29-19-13-11-14-20-29)30-21-15-12-16-22-30/h10-16,18-23H,2,9,17,24-26H2,1,3-8H3/b27-18-,28-23+. The molecule has 184 valence electrons. The Balaban J connectivity index is 2.27. The van der Waals surface area contributed by atoms with Gasteiger partial charge in [0.1, 0.15) is 0 Å². The van der Waals surface area contributed by atoms with Crippen LogP contribution in [-0.4, -0.2) is 14.9 Å². The van der Waals surface area contributed by atoms with Crippen LogP contribution in [0.1, 0.15) is 74.1 Å². The van der Waals surface area contributed by atoms with Gasteiger partial charge in [-0.2, -0.15) is 0 Å². The maximum absolute atomic E-state index is 7.04. The third-order valence-electron chi connectivity index (χ3n) is 7.09. The van der Waals surface area contributed by atoms with Crippen LogP contribution in [0.15, 0.2) is 96.6 Å². The van der Waals surface area contributed by atoms with Crippen LogP contribution < -0.4 is 10.4 Å². The van der Waals surface area contributed by atoms with Gasteiger partial charge in [-0.05, 0) is 60.4 Å². The molecule has 0 bridgehead atoms. The molecule has 1 nitrogen and oxygen atoms in total. The van der Waals surface area contributed by atoms with E-state index in [-0.39, 0.29) is 10.5 Å². The minimum atomic E-state index is -2.49. The zero-order valence-corrected chi connectivity index (χ0v) is 23.7. The average molecular weight is 475 g/mol. The van der Waals surface area contributed by atoms with Crippen LogP contribution in [0.5, 0.6) is 0 Å². The van der Waals surface area contributed by atoms with Gasteiger partial charge in [-0.1, -0.05) is 125 Å². The van der Waals surface area contributed by atoms with E-state index < -0.39 is 8.32 Å². The molecule has 0 radical (unpaired) electrons. The number of benzene rings is 2. The monoisotopic (exact) mass is 474 g/mol. The molecular weight excluding hydrogens is 428 g/mol. The number of hydrogen-bond acceptors (Lipinski definition) is 1. The molecule has 0 amide bonds. The lowest BCUT2D eigenvalue weighted by molar-refractivity contribution is 0.335. The molecule has 2 rings (SSSR count). The highest BCUT2D eigenvalue weighted by atomic mass is 28.4. The maximum Gasteiger partial charge on any atom is 0.261 e. The lowest BCUT2D eigenvalue weighted by atomic mass is 9.79. The first-order valence-electron chi connectivity index (χ1n) is 12.8. The maximum atomic E-state index is 7.04. The summed E-state index contributed by atoms with van der Waals surface area (Å²) in [6.07, 6.45) is 11.2. The summed E-state index contributed by atoms with van der Waals surface area (Å²) in [6, 6.07) is 21.7. The van der Waals surface area contributed by atoms with E-state index in [1.807, 2.05) is 0 Å². The lowest BCUT2D eigenvalue weighted by Crippen LogP contribution is -2.66. The first-order valence-corrected chi connectivity index (χ1v) is 14.7. The predicted octanol–water partition coefficient (Wildman–Crippen LogP) is 8.23. The highest BCUT2D eigenvalue weighted by molar-refractivity contribution is 6.99. The Kier molecular flexibility index (Phi) is 10.3. The van der Waals surface area contributed by atoms with Gasteiger partial charge in [-0.15, -0.1) is 6.58 Å². The van der Waals surface area contributed by atoms with Crippen molar-refractivity contribution in [1.29, 1.82) is 0 Å². The molecular formula is C32H46OSi. The second-order valence-electron chi connectivity index (χ2n) is 11.0. The third-order valence-corrected chi connectivity index (χ3v) is 12.1.